The standard InChI is InChI=1S/C14H15F3N2O3/c15-14(16,17)13(21)22-12(20)9-10-4-7-19(8-5-10)11-3-1-2-6-18-11/h1-3,6,10H,4-5,7-9H2. The number of alkyl halides is 3. The van der Waals surface area contributed by atoms with Gasteiger partial charge in [0.15, 0.2) is 0 Å². The molecule has 0 bridgehead atoms. The molecule has 0 N–H and O–H groups in total. The van der Waals surface area contributed by atoms with Crippen LogP contribution in [0, 0.1) is 5.92 Å². The lowest BCUT2D eigenvalue weighted by Crippen LogP contribution is -2.35. The Bertz CT molecular complexity index is 526. The Morgan fingerprint density at radius 2 is 1.95 bits per heavy atom. The summed E-state index contributed by atoms with van der Waals surface area (Å²) in [5.41, 5.74) is 0. The maximum Gasteiger partial charge on any atom is 0.491 e. The minimum atomic E-state index is -5.14. The molecule has 0 radical (unpaired) electrons. The molecule has 0 amide bonds. The molecule has 2 heterocycles. The summed E-state index contributed by atoms with van der Waals surface area (Å²) in [6.07, 6.45) is -2.38. The predicted octanol–water partition coefficient (Wildman–Crippen LogP) is 2.32. The second-order valence-corrected chi connectivity index (χ2v) is 5.08. The number of pyridine rings is 1. The molecule has 0 atom stereocenters. The second kappa shape index (κ2) is 6.76. The first-order chi connectivity index (χ1) is 10.4. The quantitative estimate of drug-likeness (QED) is 0.633. The van der Waals surface area contributed by atoms with Gasteiger partial charge in [-0.2, -0.15) is 13.2 Å². The van der Waals surface area contributed by atoms with Crippen molar-refractivity contribution in [2.45, 2.75) is 25.4 Å². The summed E-state index contributed by atoms with van der Waals surface area (Å²) in [4.78, 5) is 28.2. The van der Waals surface area contributed by atoms with Gasteiger partial charge in [-0.25, -0.2) is 9.78 Å². The molecule has 120 valence electrons. The molecule has 0 saturated carbocycles. The Labute approximate surface area is 125 Å². The van der Waals surface area contributed by atoms with Gasteiger partial charge >= 0.3 is 18.1 Å². The fourth-order valence-corrected chi connectivity index (χ4v) is 2.35. The predicted molar refractivity (Wildman–Crippen MR) is 70.9 cm³/mol. The zero-order chi connectivity index (χ0) is 16.2. The number of ether oxygens (including phenoxy) is 1. The minimum Gasteiger partial charge on any atom is -0.386 e. The number of carbonyl (C=O) groups is 2. The van der Waals surface area contributed by atoms with Crippen LogP contribution in [0.2, 0.25) is 0 Å². The van der Waals surface area contributed by atoms with Crippen LogP contribution in [-0.4, -0.2) is 36.2 Å². The van der Waals surface area contributed by atoms with Crippen LogP contribution in [0.25, 0.3) is 0 Å². The van der Waals surface area contributed by atoms with Crippen LogP contribution in [-0.2, 0) is 14.3 Å². The van der Waals surface area contributed by atoms with Crippen molar-refractivity contribution >= 4 is 17.8 Å². The largest absolute Gasteiger partial charge is 0.491 e. The topological polar surface area (TPSA) is 59.5 Å². The van der Waals surface area contributed by atoms with E-state index in [1.165, 1.54) is 0 Å². The minimum absolute atomic E-state index is 0.0894. The Hall–Kier alpha value is -2.12. The number of esters is 2. The lowest BCUT2D eigenvalue weighted by Gasteiger charge is -2.32. The number of carbonyl (C=O) groups excluding carboxylic acids is 2. The van der Waals surface area contributed by atoms with E-state index < -0.39 is 18.1 Å². The fourth-order valence-electron chi connectivity index (χ4n) is 2.35. The number of hydrogen-bond donors (Lipinski definition) is 0. The lowest BCUT2D eigenvalue weighted by atomic mass is 9.93. The number of anilines is 1. The van der Waals surface area contributed by atoms with Crippen LogP contribution in [0.4, 0.5) is 19.0 Å². The summed E-state index contributed by atoms with van der Waals surface area (Å²) in [7, 11) is 0. The molecule has 0 aliphatic carbocycles. The Morgan fingerprint density at radius 3 is 2.50 bits per heavy atom. The number of piperidine rings is 1. The number of aromatic nitrogens is 1. The number of halogens is 3. The highest BCUT2D eigenvalue weighted by atomic mass is 19.4. The molecule has 1 aliphatic heterocycles. The monoisotopic (exact) mass is 316 g/mol. The van der Waals surface area contributed by atoms with Gasteiger partial charge in [0.25, 0.3) is 0 Å². The van der Waals surface area contributed by atoms with Gasteiger partial charge in [-0.3, -0.25) is 4.79 Å². The van der Waals surface area contributed by atoms with E-state index in [1.54, 1.807) is 6.20 Å². The molecule has 0 aromatic carbocycles. The molecule has 1 aromatic rings. The van der Waals surface area contributed by atoms with Crippen LogP contribution in [0.1, 0.15) is 19.3 Å². The van der Waals surface area contributed by atoms with E-state index >= 15 is 0 Å². The number of nitrogens with zero attached hydrogens (tertiary/aromatic N) is 2. The van der Waals surface area contributed by atoms with E-state index in [0.717, 1.165) is 5.82 Å². The third-order valence-electron chi connectivity index (χ3n) is 3.48. The second-order valence-electron chi connectivity index (χ2n) is 5.08. The van der Waals surface area contributed by atoms with E-state index in [1.807, 2.05) is 23.1 Å². The van der Waals surface area contributed by atoms with Crippen molar-refractivity contribution in [3.05, 3.63) is 24.4 Å². The molecule has 0 spiro atoms. The first-order valence-corrected chi connectivity index (χ1v) is 6.84. The Kier molecular flexibility index (Phi) is 4.99. The van der Waals surface area contributed by atoms with Crippen molar-refractivity contribution < 1.29 is 27.5 Å². The van der Waals surface area contributed by atoms with Crippen LogP contribution >= 0.6 is 0 Å². The smallest absolute Gasteiger partial charge is 0.386 e. The third kappa shape index (κ3) is 4.44. The van der Waals surface area contributed by atoms with Crippen molar-refractivity contribution in [3.8, 4) is 0 Å². The average Bonchev–Trinajstić information content (AvgIpc) is 2.48. The fraction of sp³-hybridized carbons (Fsp3) is 0.500. The molecule has 8 heteroatoms. The first kappa shape index (κ1) is 16.3. The highest BCUT2D eigenvalue weighted by Gasteiger charge is 2.42. The molecule has 22 heavy (non-hydrogen) atoms. The zero-order valence-corrected chi connectivity index (χ0v) is 11.7. The summed E-state index contributed by atoms with van der Waals surface area (Å²) >= 11 is 0. The number of rotatable bonds is 3. The van der Waals surface area contributed by atoms with Gasteiger partial charge in [0, 0.05) is 25.7 Å². The van der Waals surface area contributed by atoms with Gasteiger partial charge in [-0.05, 0) is 30.9 Å². The Balaban J connectivity index is 1.78. The van der Waals surface area contributed by atoms with Crippen molar-refractivity contribution in [1.82, 2.24) is 4.98 Å². The summed E-state index contributed by atoms with van der Waals surface area (Å²) in [6, 6.07) is 5.55. The lowest BCUT2D eigenvalue weighted by molar-refractivity contribution is -0.202. The van der Waals surface area contributed by atoms with Crippen LogP contribution < -0.4 is 4.90 Å². The van der Waals surface area contributed by atoms with E-state index in [-0.39, 0.29) is 12.3 Å². The molecule has 1 aromatic heterocycles. The zero-order valence-electron chi connectivity index (χ0n) is 11.7. The summed E-state index contributed by atoms with van der Waals surface area (Å²) < 4.78 is 39.8. The van der Waals surface area contributed by atoms with Gasteiger partial charge < -0.3 is 9.64 Å². The van der Waals surface area contributed by atoms with E-state index in [2.05, 4.69) is 9.72 Å². The molecule has 5 nitrogen and oxygen atoms in total. The maximum absolute atomic E-state index is 12.0. The molecular formula is C14H15F3N2O3. The van der Waals surface area contributed by atoms with Crippen molar-refractivity contribution in [2.75, 3.05) is 18.0 Å². The first-order valence-electron chi connectivity index (χ1n) is 6.84. The molecule has 1 aliphatic rings. The summed E-state index contributed by atoms with van der Waals surface area (Å²) in [6.45, 7) is 1.31. The SMILES string of the molecule is O=C(CC1CCN(c2ccccn2)CC1)OC(=O)C(F)(F)F. The molecule has 1 fully saturated rings. The van der Waals surface area contributed by atoms with Gasteiger partial charge in [0.1, 0.15) is 5.82 Å². The van der Waals surface area contributed by atoms with Crippen molar-refractivity contribution in [1.29, 1.82) is 0 Å². The van der Waals surface area contributed by atoms with Crippen LogP contribution in [0.3, 0.4) is 0 Å². The van der Waals surface area contributed by atoms with Gasteiger partial charge in [0.05, 0.1) is 0 Å². The van der Waals surface area contributed by atoms with Gasteiger partial charge in [0.2, 0.25) is 0 Å². The van der Waals surface area contributed by atoms with Gasteiger partial charge in [-0.1, -0.05) is 6.07 Å². The van der Waals surface area contributed by atoms with Crippen molar-refractivity contribution in [2.24, 2.45) is 5.92 Å². The molecule has 1 saturated heterocycles. The van der Waals surface area contributed by atoms with Gasteiger partial charge in [-0.15, -0.1) is 0 Å². The number of hydrogen-bond acceptors (Lipinski definition) is 5. The molecular weight excluding hydrogens is 301 g/mol. The van der Waals surface area contributed by atoms with E-state index in [4.69, 9.17) is 0 Å². The summed E-state index contributed by atoms with van der Waals surface area (Å²) in [5, 5.41) is 0. The highest BCUT2D eigenvalue weighted by molar-refractivity contribution is 5.88. The average molecular weight is 316 g/mol. The molecule has 2 rings (SSSR count). The third-order valence-corrected chi connectivity index (χ3v) is 3.48. The van der Waals surface area contributed by atoms with Crippen molar-refractivity contribution in [3.63, 3.8) is 0 Å². The van der Waals surface area contributed by atoms with E-state index in [9.17, 15) is 22.8 Å². The summed E-state index contributed by atoms with van der Waals surface area (Å²) in [5.74, 6) is -2.84. The normalized spacial score (nSPS) is 16.4. The Morgan fingerprint density at radius 1 is 1.27 bits per heavy atom. The van der Waals surface area contributed by atoms with E-state index in [0.29, 0.717) is 25.9 Å². The molecule has 0 unspecified atom stereocenters. The maximum atomic E-state index is 12.0. The van der Waals surface area contributed by atoms with Crippen LogP contribution in [0.15, 0.2) is 24.4 Å². The van der Waals surface area contributed by atoms with Crippen LogP contribution in [0.5, 0.6) is 0 Å². The highest BCUT2D eigenvalue weighted by Crippen LogP contribution is 2.25.